The van der Waals surface area contributed by atoms with E-state index in [9.17, 15) is 0 Å². The minimum atomic E-state index is 0.884. The third kappa shape index (κ3) is 13.0. The Morgan fingerprint density at radius 1 is 0.562 bits per heavy atom. The molecule has 0 aromatic rings. The average molecular weight is 449 g/mol. The van der Waals surface area contributed by atoms with Crippen LogP contribution in [0.5, 0.6) is 0 Å². The van der Waals surface area contributed by atoms with Crippen LogP contribution in [-0.4, -0.2) is 0 Å². The van der Waals surface area contributed by atoms with Crippen LogP contribution in [0.3, 0.4) is 0 Å². The Hall–Kier alpha value is 0. The van der Waals surface area contributed by atoms with E-state index in [2.05, 4.69) is 41.5 Å². The number of rotatable bonds is 5. The van der Waals surface area contributed by atoms with Crippen molar-refractivity contribution in [2.75, 3.05) is 0 Å². The van der Waals surface area contributed by atoms with Crippen molar-refractivity contribution in [3.05, 3.63) is 0 Å². The van der Waals surface area contributed by atoms with Gasteiger partial charge in [0.2, 0.25) is 0 Å². The first kappa shape index (κ1) is 30.0. The van der Waals surface area contributed by atoms with Crippen molar-refractivity contribution >= 4 is 0 Å². The number of hydrogen-bond acceptors (Lipinski definition) is 0. The van der Waals surface area contributed by atoms with Gasteiger partial charge in [0.25, 0.3) is 0 Å². The van der Waals surface area contributed by atoms with Crippen LogP contribution in [0.25, 0.3) is 0 Å². The maximum atomic E-state index is 2.28. The lowest BCUT2D eigenvalue weighted by atomic mass is 9.85. The summed E-state index contributed by atoms with van der Waals surface area (Å²) < 4.78 is 0. The van der Waals surface area contributed by atoms with Gasteiger partial charge < -0.3 is 0 Å². The lowest BCUT2D eigenvalue weighted by molar-refractivity contribution is 0.309. The predicted octanol–water partition coefficient (Wildman–Crippen LogP) is 11.8. The average Bonchev–Trinajstić information content (AvgIpc) is 3.33. The summed E-state index contributed by atoms with van der Waals surface area (Å²) in [5.74, 6) is 4.15. The Morgan fingerprint density at radius 3 is 1.19 bits per heavy atom. The molecule has 0 amide bonds. The smallest absolute Gasteiger partial charge is 0.0297 e. The van der Waals surface area contributed by atoms with Gasteiger partial charge in [0, 0.05) is 0 Å². The molecule has 0 aromatic carbocycles. The van der Waals surface area contributed by atoms with Crippen LogP contribution in [0.2, 0.25) is 0 Å². The Bertz CT molecular complexity index is 353. The van der Waals surface area contributed by atoms with Crippen molar-refractivity contribution in [3.63, 3.8) is 0 Å². The van der Waals surface area contributed by atoms with Crippen LogP contribution >= 0.6 is 0 Å². The highest BCUT2D eigenvalue weighted by Gasteiger charge is 2.35. The summed E-state index contributed by atoms with van der Waals surface area (Å²) in [6.07, 6.45) is 31.6. The van der Waals surface area contributed by atoms with Crippen LogP contribution in [0.1, 0.15) is 176 Å². The van der Waals surface area contributed by atoms with E-state index < -0.39 is 0 Å². The van der Waals surface area contributed by atoms with Crippen LogP contribution in [0, 0.1) is 29.1 Å². The highest BCUT2D eigenvalue weighted by Crippen LogP contribution is 2.50. The van der Waals surface area contributed by atoms with Gasteiger partial charge in [-0.15, -0.1) is 0 Å². The first-order chi connectivity index (χ1) is 15.5. The van der Waals surface area contributed by atoms with Crippen molar-refractivity contribution in [1.82, 2.24) is 0 Å². The third-order valence-corrected chi connectivity index (χ3v) is 9.43. The zero-order chi connectivity index (χ0) is 23.7. The zero-order valence-corrected chi connectivity index (χ0v) is 23.7. The molecule has 4 saturated carbocycles. The topological polar surface area (TPSA) is 0 Å². The van der Waals surface area contributed by atoms with Crippen LogP contribution in [-0.2, 0) is 0 Å². The Morgan fingerprint density at radius 2 is 0.938 bits per heavy atom. The van der Waals surface area contributed by atoms with Gasteiger partial charge in [0.1, 0.15) is 0 Å². The molecule has 0 nitrogen and oxygen atoms in total. The molecule has 1 spiro atoms. The second-order valence-corrected chi connectivity index (χ2v) is 12.4. The molecule has 2 bridgehead atoms. The second-order valence-electron chi connectivity index (χ2n) is 12.4. The summed E-state index contributed by atoms with van der Waals surface area (Å²) >= 11 is 0. The molecular formula is C32H64. The lowest BCUT2D eigenvalue weighted by Crippen LogP contribution is -2.08. The molecule has 0 aromatic heterocycles. The Kier molecular flexibility index (Phi) is 17.2. The molecule has 32 heavy (non-hydrogen) atoms. The van der Waals surface area contributed by atoms with E-state index in [4.69, 9.17) is 0 Å². The van der Waals surface area contributed by atoms with E-state index in [0.717, 1.165) is 29.1 Å². The molecule has 0 unspecified atom stereocenters. The van der Waals surface area contributed by atoms with Gasteiger partial charge in [-0.05, 0) is 54.8 Å². The molecule has 4 aliphatic carbocycles. The maximum Gasteiger partial charge on any atom is -0.0297 e. The molecule has 0 N–H and O–H groups in total. The van der Waals surface area contributed by atoms with Gasteiger partial charge in [-0.2, -0.15) is 0 Å². The highest BCUT2D eigenvalue weighted by molar-refractivity contribution is 4.88. The van der Waals surface area contributed by atoms with Crippen LogP contribution in [0.4, 0.5) is 0 Å². The van der Waals surface area contributed by atoms with Crippen molar-refractivity contribution < 1.29 is 0 Å². The zero-order valence-electron chi connectivity index (χ0n) is 23.7. The highest BCUT2D eigenvalue weighted by atomic mass is 14.4. The molecular weight excluding hydrogens is 384 g/mol. The van der Waals surface area contributed by atoms with Gasteiger partial charge in [0.15, 0.2) is 0 Å². The molecule has 0 saturated heterocycles. The van der Waals surface area contributed by atoms with Crippen molar-refractivity contribution in [1.29, 1.82) is 0 Å². The molecule has 0 radical (unpaired) electrons. The fourth-order valence-corrected chi connectivity index (χ4v) is 6.58. The van der Waals surface area contributed by atoms with E-state index in [1.807, 2.05) is 0 Å². The number of hydrogen-bond donors (Lipinski definition) is 0. The molecule has 4 aliphatic rings. The molecule has 4 rings (SSSR count). The molecule has 0 heterocycles. The van der Waals surface area contributed by atoms with Gasteiger partial charge in [-0.3, -0.25) is 0 Å². The monoisotopic (exact) mass is 449 g/mol. The van der Waals surface area contributed by atoms with Crippen molar-refractivity contribution in [2.45, 2.75) is 176 Å². The van der Waals surface area contributed by atoms with Gasteiger partial charge >= 0.3 is 0 Å². The van der Waals surface area contributed by atoms with E-state index in [-0.39, 0.29) is 0 Å². The molecule has 0 heteroatoms. The summed E-state index contributed by atoms with van der Waals surface area (Å²) in [5.41, 5.74) is 0.889. The van der Waals surface area contributed by atoms with Crippen LogP contribution in [0.15, 0.2) is 0 Å². The standard InChI is InChI=1S/C10H18.C9H16.C8H18.C5H12/c1-3-9-5-2-6-10(4-1)8-7-9;1-2-6-9(5-1)7-3-4-8-9;1-4-7-8(5-2)6-3;1-4-5(2)3/h9-10H,1-8H2;1-8H2;8H,4-7H2,1-3H3;5H,4H2,1-3H3. The number of fused-ring (bicyclic) bond motifs is 3. The quantitative estimate of drug-likeness (QED) is 0.392. The van der Waals surface area contributed by atoms with Crippen LogP contribution < -0.4 is 0 Å². The first-order valence-electron chi connectivity index (χ1n) is 15.5. The van der Waals surface area contributed by atoms with Gasteiger partial charge in [-0.1, -0.05) is 151 Å². The van der Waals surface area contributed by atoms with E-state index in [1.54, 1.807) is 64.2 Å². The first-order valence-corrected chi connectivity index (χ1v) is 15.5. The van der Waals surface area contributed by atoms with Crippen molar-refractivity contribution in [3.8, 4) is 0 Å². The van der Waals surface area contributed by atoms with Gasteiger partial charge in [-0.25, -0.2) is 0 Å². The third-order valence-electron chi connectivity index (χ3n) is 9.43. The fraction of sp³-hybridized carbons (Fsp3) is 1.00. The minimum absolute atomic E-state index is 0.884. The van der Waals surface area contributed by atoms with E-state index in [0.29, 0.717) is 0 Å². The predicted molar refractivity (Wildman–Crippen MR) is 147 cm³/mol. The molecule has 4 fully saturated rings. The summed E-state index contributed by atoms with van der Waals surface area (Å²) in [5, 5.41) is 0. The summed E-state index contributed by atoms with van der Waals surface area (Å²) in [4.78, 5) is 0. The molecule has 0 aliphatic heterocycles. The maximum absolute atomic E-state index is 2.28. The Balaban J connectivity index is 0.000000220. The molecule has 192 valence electrons. The van der Waals surface area contributed by atoms with E-state index in [1.165, 1.54) is 70.6 Å². The molecule has 0 atom stereocenters. The van der Waals surface area contributed by atoms with E-state index >= 15 is 0 Å². The summed E-state index contributed by atoms with van der Waals surface area (Å²) in [6, 6.07) is 0. The lowest BCUT2D eigenvalue weighted by Gasteiger charge is -2.20. The summed E-state index contributed by atoms with van der Waals surface area (Å²) in [6.45, 7) is 13.5. The largest absolute Gasteiger partial charge is 0.0654 e. The van der Waals surface area contributed by atoms with Gasteiger partial charge in [0.05, 0.1) is 0 Å². The Labute approximate surface area is 205 Å². The van der Waals surface area contributed by atoms with Crippen molar-refractivity contribution in [2.24, 2.45) is 29.1 Å². The fourth-order valence-electron chi connectivity index (χ4n) is 6.58. The normalized spacial score (nSPS) is 25.9. The minimum Gasteiger partial charge on any atom is -0.0654 e. The second kappa shape index (κ2) is 18.3. The SMILES string of the molecule is C1CC2CCCC(C1)CC2.C1CCC2(C1)CCCC2.CCC(C)C.CCCC(CC)CC. The summed E-state index contributed by atoms with van der Waals surface area (Å²) in [7, 11) is 0.